The van der Waals surface area contributed by atoms with Crippen LogP contribution in [0.5, 0.6) is 0 Å². The molecule has 0 spiro atoms. The largest absolute Gasteiger partial charge is 0.339 e. The molecule has 0 radical (unpaired) electrons. The molecule has 2 aliphatic carbocycles. The number of hydrogen-bond donors (Lipinski definition) is 0. The summed E-state index contributed by atoms with van der Waals surface area (Å²) in [5.41, 5.74) is 0.669. The highest BCUT2D eigenvalue weighted by Gasteiger charge is 2.32. The number of carbonyl (C=O) groups is 1. The Bertz CT molecular complexity index is 427. The smallest absolute Gasteiger partial charge is 0.248 e. The van der Waals surface area contributed by atoms with E-state index in [4.69, 9.17) is 0 Å². The standard InChI is InChI=1S/C24H43NO/c1-5-6-7-8-9-10-20-11-13-21(14-12-20)22-15-17-23(18-16-22)25(4)24(26)19(2)3/h20-23H,2,5-18H2,1,3-4H3. The van der Waals surface area contributed by atoms with Crippen molar-refractivity contribution in [2.45, 2.75) is 110 Å². The van der Waals surface area contributed by atoms with Crippen LogP contribution in [0.4, 0.5) is 0 Å². The van der Waals surface area contributed by atoms with Gasteiger partial charge in [-0.3, -0.25) is 4.79 Å². The summed E-state index contributed by atoms with van der Waals surface area (Å²) in [7, 11) is 1.97. The van der Waals surface area contributed by atoms with Crippen molar-refractivity contribution in [3.8, 4) is 0 Å². The van der Waals surface area contributed by atoms with Crippen LogP contribution in [0.2, 0.25) is 0 Å². The Morgan fingerprint density at radius 2 is 1.42 bits per heavy atom. The van der Waals surface area contributed by atoms with Gasteiger partial charge in [-0.2, -0.15) is 0 Å². The van der Waals surface area contributed by atoms with Crippen LogP contribution in [0, 0.1) is 17.8 Å². The number of nitrogens with zero attached hydrogens (tertiary/aromatic N) is 1. The third kappa shape index (κ3) is 6.43. The lowest BCUT2D eigenvalue weighted by Crippen LogP contribution is -2.40. The van der Waals surface area contributed by atoms with Crippen molar-refractivity contribution in [2.24, 2.45) is 17.8 Å². The summed E-state index contributed by atoms with van der Waals surface area (Å²) in [4.78, 5) is 14.1. The van der Waals surface area contributed by atoms with Gasteiger partial charge in [-0.1, -0.05) is 64.9 Å². The van der Waals surface area contributed by atoms with Crippen LogP contribution in [0.3, 0.4) is 0 Å². The fourth-order valence-corrected chi connectivity index (χ4v) is 5.41. The average molecular weight is 362 g/mol. The van der Waals surface area contributed by atoms with Gasteiger partial charge in [0.05, 0.1) is 0 Å². The minimum absolute atomic E-state index is 0.132. The van der Waals surface area contributed by atoms with E-state index >= 15 is 0 Å². The van der Waals surface area contributed by atoms with Crippen molar-refractivity contribution in [3.05, 3.63) is 12.2 Å². The second-order valence-electron chi connectivity index (χ2n) is 9.25. The molecule has 0 aromatic heterocycles. The topological polar surface area (TPSA) is 20.3 Å². The lowest BCUT2D eigenvalue weighted by atomic mass is 9.69. The summed E-state index contributed by atoms with van der Waals surface area (Å²) in [6.07, 6.45) is 19.5. The zero-order valence-electron chi connectivity index (χ0n) is 17.8. The zero-order chi connectivity index (χ0) is 18.9. The van der Waals surface area contributed by atoms with Crippen molar-refractivity contribution in [2.75, 3.05) is 7.05 Å². The van der Waals surface area contributed by atoms with Crippen molar-refractivity contribution >= 4 is 5.91 Å². The van der Waals surface area contributed by atoms with Crippen LogP contribution in [-0.4, -0.2) is 23.9 Å². The molecule has 2 saturated carbocycles. The van der Waals surface area contributed by atoms with E-state index in [0.29, 0.717) is 11.6 Å². The Hall–Kier alpha value is -0.790. The maximum Gasteiger partial charge on any atom is 0.248 e. The molecule has 150 valence electrons. The summed E-state index contributed by atoms with van der Waals surface area (Å²) < 4.78 is 0. The number of amides is 1. The second-order valence-corrected chi connectivity index (χ2v) is 9.25. The molecule has 0 aromatic carbocycles. The predicted octanol–water partition coefficient (Wildman–Crippen LogP) is 6.75. The molecule has 0 aliphatic heterocycles. The summed E-state index contributed by atoms with van der Waals surface area (Å²) in [6.45, 7) is 7.93. The quantitative estimate of drug-likeness (QED) is 0.329. The fourth-order valence-electron chi connectivity index (χ4n) is 5.41. The SMILES string of the molecule is C=C(C)C(=O)N(C)C1CCC(C2CCC(CCCCCCC)CC2)CC1. The molecule has 0 N–H and O–H groups in total. The summed E-state index contributed by atoms with van der Waals surface area (Å²) in [6, 6.07) is 0.440. The fraction of sp³-hybridized carbons (Fsp3) is 0.875. The lowest BCUT2D eigenvalue weighted by molar-refractivity contribution is -0.128. The Kier molecular flexibility index (Phi) is 9.22. The van der Waals surface area contributed by atoms with E-state index in [2.05, 4.69) is 13.5 Å². The van der Waals surface area contributed by atoms with Crippen molar-refractivity contribution < 1.29 is 4.79 Å². The van der Waals surface area contributed by atoms with E-state index in [-0.39, 0.29) is 5.91 Å². The van der Waals surface area contributed by atoms with Crippen LogP contribution < -0.4 is 0 Å². The molecule has 0 aromatic rings. The molecular weight excluding hydrogens is 318 g/mol. The number of hydrogen-bond acceptors (Lipinski definition) is 1. The highest BCUT2D eigenvalue weighted by atomic mass is 16.2. The molecule has 26 heavy (non-hydrogen) atoms. The van der Waals surface area contributed by atoms with E-state index in [9.17, 15) is 4.79 Å². The first-order chi connectivity index (χ1) is 12.5. The molecule has 2 rings (SSSR count). The van der Waals surface area contributed by atoms with Crippen LogP contribution >= 0.6 is 0 Å². The Morgan fingerprint density at radius 1 is 0.885 bits per heavy atom. The van der Waals surface area contributed by atoms with Gasteiger partial charge in [0, 0.05) is 18.7 Å². The van der Waals surface area contributed by atoms with Crippen molar-refractivity contribution in [1.82, 2.24) is 4.90 Å². The first-order valence-corrected chi connectivity index (χ1v) is 11.5. The third-order valence-electron chi connectivity index (χ3n) is 7.25. The first kappa shape index (κ1) is 21.5. The van der Waals surface area contributed by atoms with E-state index in [1.54, 1.807) is 0 Å². The van der Waals surface area contributed by atoms with Gasteiger partial charge in [0.25, 0.3) is 0 Å². The Balaban J connectivity index is 1.63. The van der Waals surface area contributed by atoms with Gasteiger partial charge >= 0.3 is 0 Å². The number of likely N-dealkylation sites (N-methyl/N-ethyl adjacent to an activating group) is 1. The molecule has 2 heteroatoms. The third-order valence-corrected chi connectivity index (χ3v) is 7.25. The lowest BCUT2D eigenvalue weighted by Gasteiger charge is -2.40. The van der Waals surface area contributed by atoms with Crippen LogP contribution in [0.15, 0.2) is 12.2 Å². The van der Waals surface area contributed by atoms with E-state index in [0.717, 1.165) is 17.8 Å². The molecule has 1 amide bonds. The van der Waals surface area contributed by atoms with Gasteiger partial charge in [-0.25, -0.2) is 0 Å². The Labute approximate surface area is 162 Å². The van der Waals surface area contributed by atoms with E-state index in [1.807, 2.05) is 18.9 Å². The zero-order valence-corrected chi connectivity index (χ0v) is 17.8. The monoisotopic (exact) mass is 361 g/mol. The molecule has 2 nitrogen and oxygen atoms in total. The minimum atomic E-state index is 0.132. The average Bonchev–Trinajstić information content (AvgIpc) is 2.67. The van der Waals surface area contributed by atoms with Gasteiger partial charge in [0.2, 0.25) is 5.91 Å². The molecule has 0 saturated heterocycles. The highest BCUT2D eigenvalue weighted by Crippen LogP contribution is 2.41. The maximum absolute atomic E-state index is 12.1. The van der Waals surface area contributed by atoms with Gasteiger partial charge in [0.15, 0.2) is 0 Å². The number of rotatable bonds is 9. The molecule has 0 unspecified atom stereocenters. The number of carbonyl (C=O) groups excluding carboxylic acids is 1. The molecule has 2 aliphatic rings. The van der Waals surface area contributed by atoms with Gasteiger partial charge in [-0.05, 0) is 63.2 Å². The normalized spacial score (nSPS) is 29.3. The molecule has 0 atom stereocenters. The van der Waals surface area contributed by atoms with Crippen LogP contribution in [-0.2, 0) is 4.79 Å². The highest BCUT2D eigenvalue weighted by molar-refractivity contribution is 5.92. The summed E-state index contributed by atoms with van der Waals surface area (Å²) >= 11 is 0. The van der Waals surface area contributed by atoms with Crippen LogP contribution in [0.25, 0.3) is 0 Å². The van der Waals surface area contributed by atoms with Gasteiger partial charge < -0.3 is 4.90 Å². The number of unbranched alkanes of at least 4 members (excludes halogenated alkanes) is 4. The predicted molar refractivity (Wildman–Crippen MR) is 112 cm³/mol. The summed E-state index contributed by atoms with van der Waals surface area (Å²) in [5, 5.41) is 0. The van der Waals surface area contributed by atoms with Crippen molar-refractivity contribution in [1.29, 1.82) is 0 Å². The first-order valence-electron chi connectivity index (χ1n) is 11.5. The second kappa shape index (κ2) is 11.1. The van der Waals surface area contributed by atoms with Crippen molar-refractivity contribution in [3.63, 3.8) is 0 Å². The van der Waals surface area contributed by atoms with E-state index in [1.165, 1.54) is 89.9 Å². The van der Waals surface area contributed by atoms with Crippen LogP contribution in [0.1, 0.15) is 104 Å². The Morgan fingerprint density at radius 3 is 1.96 bits per heavy atom. The molecule has 0 heterocycles. The maximum atomic E-state index is 12.1. The molecule has 2 fully saturated rings. The summed E-state index contributed by atoms with van der Waals surface area (Å²) in [5.74, 6) is 3.04. The minimum Gasteiger partial charge on any atom is -0.339 e. The van der Waals surface area contributed by atoms with E-state index < -0.39 is 0 Å². The van der Waals surface area contributed by atoms with Gasteiger partial charge in [0.1, 0.15) is 0 Å². The molecule has 0 bridgehead atoms. The van der Waals surface area contributed by atoms with Gasteiger partial charge in [-0.15, -0.1) is 0 Å². The molecular formula is C24H43NO.